The molecule has 4 heteroatoms. The van der Waals surface area contributed by atoms with Crippen LogP contribution < -0.4 is 5.32 Å². The molecule has 0 radical (unpaired) electrons. The summed E-state index contributed by atoms with van der Waals surface area (Å²) >= 11 is 0. The second-order valence-electron chi connectivity index (χ2n) is 5.23. The van der Waals surface area contributed by atoms with Crippen molar-refractivity contribution in [3.63, 3.8) is 0 Å². The molecule has 0 saturated carbocycles. The van der Waals surface area contributed by atoms with Crippen LogP contribution in [-0.4, -0.2) is 17.8 Å². The van der Waals surface area contributed by atoms with Gasteiger partial charge < -0.3 is 9.73 Å². The number of hydrogen-bond acceptors (Lipinski definition) is 4. The highest BCUT2D eigenvalue weighted by molar-refractivity contribution is 5.96. The smallest absolute Gasteiger partial charge is 0.195 e. The van der Waals surface area contributed by atoms with Gasteiger partial charge in [-0.3, -0.25) is 4.79 Å². The normalized spacial score (nSPS) is 11.0. The lowest BCUT2D eigenvalue weighted by molar-refractivity contribution is 0.0980. The zero-order chi connectivity index (χ0) is 15.4. The van der Waals surface area contributed by atoms with Crippen molar-refractivity contribution in [2.45, 2.75) is 19.4 Å². The number of aryl methyl sites for hydroxylation is 1. The lowest BCUT2D eigenvalue weighted by Crippen LogP contribution is -2.04. The van der Waals surface area contributed by atoms with Crippen LogP contribution in [0.2, 0.25) is 0 Å². The standard InChI is InChI=1S/C18H18N2O2/c1-19-12-13-7-9-17-15(11-13)20-18(22-17)10-8-16(21)14-5-3-2-4-6-14/h2-7,9,11,19H,8,10,12H2,1H3. The maximum Gasteiger partial charge on any atom is 0.195 e. The molecule has 4 nitrogen and oxygen atoms in total. The Balaban J connectivity index is 1.70. The number of nitrogens with zero attached hydrogens (tertiary/aromatic N) is 1. The minimum atomic E-state index is 0.110. The Kier molecular flexibility index (Phi) is 4.30. The van der Waals surface area contributed by atoms with Gasteiger partial charge in [0.25, 0.3) is 0 Å². The molecule has 1 N–H and O–H groups in total. The third-order valence-electron chi connectivity index (χ3n) is 3.54. The number of hydrogen-bond donors (Lipinski definition) is 1. The van der Waals surface area contributed by atoms with Crippen molar-refractivity contribution in [1.29, 1.82) is 0 Å². The van der Waals surface area contributed by atoms with Crippen molar-refractivity contribution in [3.8, 4) is 0 Å². The van der Waals surface area contributed by atoms with Crippen LogP contribution in [0.15, 0.2) is 52.9 Å². The lowest BCUT2D eigenvalue weighted by atomic mass is 10.1. The molecular formula is C18H18N2O2. The van der Waals surface area contributed by atoms with E-state index in [4.69, 9.17) is 4.42 Å². The molecule has 0 fully saturated rings. The quantitative estimate of drug-likeness (QED) is 0.708. The Labute approximate surface area is 129 Å². The highest BCUT2D eigenvalue weighted by atomic mass is 16.3. The molecule has 0 saturated heterocycles. The van der Waals surface area contributed by atoms with E-state index in [0.29, 0.717) is 18.7 Å². The SMILES string of the molecule is CNCc1ccc2oc(CCC(=O)c3ccccc3)nc2c1. The van der Waals surface area contributed by atoms with Crippen molar-refractivity contribution < 1.29 is 9.21 Å². The van der Waals surface area contributed by atoms with E-state index in [2.05, 4.69) is 10.3 Å². The van der Waals surface area contributed by atoms with Crippen LogP contribution in [0, 0.1) is 0 Å². The molecule has 0 amide bonds. The number of rotatable bonds is 6. The average molecular weight is 294 g/mol. The monoisotopic (exact) mass is 294 g/mol. The largest absolute Gasteiger partial charge is 0.441 e. The molecule has 3 aromatic rings. The van der Waals surface area contributed by atoms with Gasteiger partial charge in [0.05, 0.1) is 0 Å². The Morgan fingerprint density at radius 1 is 1.18 bits per heavy atom. The van der Waals surface area contributed by atoms with E-state index in [1.807, 2.05) is 55.6 Å². The summed E-state index contributed by atoms with van der Waals surface area (Å²) in [5, 5.41) is 3.11. The van der Waals surface area contributed by atoms with Crippen LogP contribution in [-0.2, 0) is 13.0 Å². The number of oxazole rings is 1. The fourth-order valence-corrected chi connectivity index (χ4v) is 2.43. The van der Waals surface area contributed by atoms with Gasteiger partial charge in [0.2, 0.25) is 0 Å². The van der Waals surface area contributed by atoms with Gasteiger partial charge in [0, 0.05) is 24.9 Å². The fourth-order valence-electron chi connectivity index (χ4n) is 2.43. The number of nitrogens with one attached hydrogen (secondary N) is 1. The van der Waals surface area contributed by atoms with E-state index >= 15 is 0 Å². The zero-order valence-electron chi connectivity index (χ0n) is 12.5. The maximum absolute atomic E-state index is 12.1. The number of benzene rings is 2. The van der Waals surface area contributed by atoms with Crippen molar-refractivity contribution in [2.75, 3.05) is 7.05 Å². The van der Waals surface area contributed by atoms with E-state index in [9.17, 15) is 4.79 Å². The molecule has 0 spiro atoms. The first-order chi connectivity index (χ1) is 10.8. The zero-order valence-corrected chi connectivity index (χ0v) is 12.5. The van der Waals surface area contributed by atoms with Crippen LogP contribution in [0.4, 0.5) is 0 Å². The van der Waals surface area contributed by atoms with E-state index < -0.39 is 0 Å². The summed E-state index contributed by atoms with van der Waals surface area (Å²) in [5.74, 6) is 0.722. The summed E-state index contributed by atoms with van der Waals surface area (Å²) in [7, 11) is 1.91. The van der Waals surface area contributed by atoms with Gasteiger partial charge in [0.15, 0.2) is 17.3 Å². The van der Waals surface area contributed by atoms with Crippen LogP contribution in [0.5, 0.6) is 0 Å². The number of ketones is 1. The van der Waals surface area contributed by atoms with Crippen LogP contribution in [0.3, 0.4) is 0 Å². The summed E-state index contributed by atoms with van der Waals surface area (Å²) in [6.07, 6.45) is 0.921. The summed E-state index contributed by atoms with van der Waals surface area (Å²) < 4.78 is 5.70. The molecule has 0 bridgehead atoms. The highest BCUT2D eigenvalue weighted by Crippen LogP contribution is 2.18. The Hall–Kier alpha value is -2.46. The summed E-state index contributed by atoms with van der Waals surface area (Å²) in [6.45, 7) is 0.796. The van der Waals surface area contributed by atoms with Crippen LogP contribution >= 0.6 is 0 Å². The molecule has 0 unspecified atom stereocenters. The molecule has 112 valence electrons. The third-order valence-corrected chi connectivity index (χ3v) is 3.54. The number of fused-ring (bicyclic) bond motifs is 1. The molecule has 0 atom stereocenters. The van der Waals surface area contributed by atoms with Crippen molar-refractivity contribution in [1.82, 2.24) is 10.3 Å². The van der Waals surface area contributed by atoms with Crippen molar-refractivity contribution in [3.05, 3.63) is 65.5 Å². The maximum atomic E-state index is 12.1. The van der Waals surface area contributed by atoms with Gasteiger partial charge in [-0.2, -0.15) is 0 Å². The number of aromatic nitrogens is 1. The van der Waals surface area contributed by atoms with Crippen molar-refractivity contribution in [2.24, 2.45) is 0 Å². The first-order valence-corrected chi connectivity index (χ1v) is 7.37. The topological polar surface area (TPSA) is 55.1 Å². The van der Waals surface area contributed by atoms with Crippen LogP contribution in [0.25, 0.3) is 11.1 Å². The molecule has 0 aliphatic rings. The number of Topliss-reactive ketones (excluding diaryl/α,β-unsaturated/α-hetero) is 1. The van der Waals surface area contributed by atoms with E-state index in [1.165, 1.54) is 0 Å². The van der Waals surface area contributed by atoms with E-state index in [1.54, 1.807) is 0 Å². The second-order valence-corrected chi connectivity index (χ2v) is 5.23. The van der Waals surface area contributed by atoms with Crippen molar-refractivity contribution >= 4 is 16.9 Å². The predicted molar refractivity (Wildman–Crippen MR) is 85.9 cm³/mol. The molecule has 1 heterocycles. The van der Waals surface area contributed by atoms with Gasteiger partial charge >= 0.3 is 0 Å². The molecule has 0 aliphatic heterocycles. The van der Waals surface area contributed by atoms with E-state index in [-0.39, 0.29) is 5.78 Å². The molecular weight excluding hydrogens is 276 g/mol. The third kappa shape index (κ3) is 3.23. The summed E-state index contributed by atoms with van der Waals surface area (Å²) in [5.41, 5.74) is 3.50. The predicted octanol–water partition coefficient (Wildman–Crippen LogP) is 3.36. The highest BCUT2D eigenvalue weighted by Gasteiger charge is 2.10. The number of carbonyl (C=O) groups excluding carboxylic acids is 1. The second kappa shape index (κ2) is 6.54. The van der Waals surface area contributed by atoms with Gasteiger partial charge in [-0.05, 0) is 24.7 Å². The number of carbonyl (C=O) groups is 1. The Bertz CT molecular complexity index is 778. The Morgan fingerprint density at radius 2 is 2.00 bits per heavy atom. The van der Waals surface area contributed by atoms with Gasteiger partial charge in [-0.1, -0.05) is 36.4 Å². The van der Waals surface area contributed by atoms with Gasteiger partial charge in [-0.15, -0.1) is 0 Å². The first kappa shape index (κ1) is 14.5. The van der Waals surface area contributed by atoms with Crippen LogP contribution in [0.1, 0.15) is 28.2 Å². The fraction of sp³-hybridized carbons (Fsp3) is 0.222. The molecule has 1 aromatic heterocycles. The van der Waals surface area contributed by atoms with Gasteiger partial charge in [0.1, 0.15) is 5.52 Å². The van der Waals surface area contributed by atoms with Gasteiger partial charge in [-0.25, -0.2) is 4.98 Å². The lowest BCUT2D eigenvalue weighted by Gasteiger charge is -1.98. The first-order valence-electron chi connectivity index (χ1n) is 7.37. The minimum absolute atomic E-state index is 0.110. The Morgan fingerprint density at radius 3 is 2.77 bits per heavy atom. The minimum Gasteiger partial charge on any atom is -0.441 e. The van der Waals surface area contributed by atoms with E-state index in [0.717, 1.165) is 28.8 Å². The molecule has 2 aromatic carbocycles. The average Bonchev–Trinajstić information content (AvgIpc) is 2.96. The molecule has 3 rings (SSSR count). The molecule has 0 aliphatic carbocycles. The summed E-state index contributed by atoms with van der Waals surface area (Å²) in [4.78, 5) is 16.6. The summed E-state index contributed by atoms with van der Waals surface area (Å²) in [6, 6.07) is 15.3. The molecule has 22 heavy (non-hydrogen) atoms.